The molecular weight excluding hydrogens is 226 g/mol. The average molecular weight is 242 g/mol. The van der Waals surface area contributed by atoms with Crippen molar-refractivity contribution in [3.05, 3.63) is 21.7 Å². The first-order valence-corrected chi connectivity index (χ1v) is 6.15. The first kappa shape index (κ1) is 11.5. The molecule has 0 radical (unpaired) electrons. The molecule has 2 rings (SSSR count). The Morgan fingerprint density at radius 3 is 2.69 bits per heavy atom. The van der Waals surface area contributed by atoms with Crippen LogP contribution in [0, 0.1) is 0 Å². The van der Waals surface area contributed by atoms with Crippen molar-refractivity contribution in [2.24, 2.45) is 0 Å². The molecule has 0 aliphatic heterocycles. The van der Waals surface area contributed by atoms with E-state index in [9.17, 15) is 4.79 Å². The van der Waals surface area contributed by atoms with Crippen molar-refractivity contribution in [1.29, 1.82) is 0 Å². The second-order valence-corrected chi connectivity index (χ2v) is 4.61. The van der Waals surface area contributed by atoms with Crippen LogP contribution in [0.3, 0.4) is 0 Å². The summed E-state index contributed by atoms with van der Waals surface area (Å²) in [5.41, 5.74) is -0.284. The van der Waals surface area contributed by atoms with E-state index in [0.717, 1.165) is 12.8 Å². The molecule has 1 aromatic heterocycles. The number of H-pyrrole nitrogens is 1. The van der Waals surface area contributed by atoms with Crippen molar-refractivity contribution >= 4 is 17.4 Å². The summed E-state index contributed by atoms with van der Waals surface area (Å²) in [7, 11) is 0. The van der Waals surface area contributed by atoms with Crippen LogP contribution >= 0.6 is 11.6 Å². The smallest absolute Gasteiger partial charge is 0.271 e. The Morgan fingerprint density at radius 1 is 1.31 bits per heavy atom. The number of nitrogens with zero attached hydrogens (tertiary/aromatic N) is 1. The van der Waals surface area contributed by atoms with E-state index in [1.165, 1.54) is 32.0 Å². The Bertz CT molecular complexity index is 396. The molecule has 1 aliphatic rings. The highest BCUT2D eigenvalue weighted by molar-refractivity contribution is 6.32. The quantitative estimate of drug-likeness (QED) is 0.783. The van der Waals surface area contributed by atoms with Gasteiger partial charge in [0.25, 0.3) is 5.56 Å². The maximum absolute atomic E-state index is 11.3. The molecule has 0 aromatic carbocycles. The average Bonchev–Trinajstić information content (AvgIpc) is 2.53. The molecule has 0 spiro atoms. The number of rotatable bonds is 2. The van der Waals surface area contributed by atoms with Crippen LogP contribution < -0.4 is 10.9 Å². The molecule has 0 saturated heterocycles. The Balaban J connectivity index is 2.07. The second-order valence-electron chi connectivity index (χ2n) is 4.23. The molecule has 0 atom stereocenters. The zero-order chi connectivity index (χ0) is 11.4. The van der Waals surface area contributed by atoms with E-state index < -0.39 is 0 Å². The van der Waals surface area contributed by atoms with Crippen molar-refractivity contribution in [2.45, 2.75) is 44.6 Å². The summed E-state index contributed by atoms with van der Waals surface area (Å²) in [5.74, 6) is 0.511. The molecule has 1 fully saturated rings. The van der Waals surface area contributed by atoms with Gasteiger partial charge in [0.1, 0.15) is 5.02 Å². The SMILES string of the molecule is O=c1[nH]cnc(NC2CCCCCC2)c1Cl. The molecular formula is C11H16ClN3O. The van der Waals surface area contributed by atoms with E-state index in [4.69, 9.17) is 11.6 Å². The lowest BCUT2D eigenvalue weighted by atomic mass is 10.1. The van der Waals surface area contributed by atoms with Crippen LogP contribution in [0.2, 0.25) is 5.02 Å². The monoisotopic (exact) mass is 241 g/mol. The molecule has 1 aliphatic carbocycles. The molecule has 0 bridgehead atoms. The van der Waals surface area contributed by atoms with Gasteiger partial charge in [0, 0.05) is 6.04 Å². The van der Waals surface area contributed by atoms with E-state index in [1.807, 2.05) is 0 Å². The maximum atomic E-state index is 11.3. The van der Waals surface area contributed by atoms with Gasteiger partial charge >= 0.3 is 0 Å². The van der Waals surface area contributed by atoms with Gasteiger partial charge in [-0.25, -0.2) is 4.98 Å². The summed E-state index contributed by atoms with van der Waals surface area (Å²) in [4.78, 5) is 17.8. The minimum absolute atomic E-state index is 0.159. The minimum atomic E-state index is -0.284. The van der Waals surface area contributed by atoms with Crippen LogP contribution in [-0.4, -0.2) is 16.0 Å². The summed E-state index contributed by atoms with van der Waals surface area (Å²) in [5, 5.41) is 3.43. The van der Waals surface area contributed by atoms with Crippen LogP contribution in [0.15, 0.2) is 11.1 Å². The van der Waals surface area contributed by atoms with Gasteiger partial charge in [0.05, 0.1) is 6.33 Å². The van der Waals surface area contributed by atoms with Crippen LogP contribution in [0.5, 0.6) is 0 Å². The lowest BCUT2D eigenvalue weighted by molar-refractivity contribution is 0.617. The fourth-order valence-electron chi connectivity index (χ4n) is 2.10. The maximum Gasteiger partial charge on any atom is 0.271 e. The van der Waals surface area contributed by atoms with Gasteiger partial charge in [0.15, 0.2) is 5.82 Å². The fourth-order valence-corrected chi connectivity index (χ4v) is 2.26. The van der Waals surface area contributed by atoms with Gasteiger partial charge in [0.2, 0.25) is 0 Å². The summed E-state index contributed by atoms with van der Waals surface area (Å²) in [6, 6.07) is 0.397. The standard InChI is InChI=1S/C11H16ClN3O/c12-9-10(13-7-14-11(9)16)15-8-5-3-1-2-4-6-8/h7-8H,1-6H2,(H2,13,14,15,16). The van der Waals surface area contributed by atoms with E-state index in [1.54, 1.807) is 0 Å². The van der Waals surface area contributed by atoms with E-state index in [-0.39, 0.29) is 10.6 Å². The van der Waals surface area contributed by atoms with Crippen LogP contribution in [0.25, 0.3) is 0 Å². The lowest BCUT2D eigenvalue weighted by Gasteiger charge is -2.16. The van der Waals surface area contributed by atoms with Crippen molar-refractivity contribution in [1.82, 2.24) is 9.97 Å². The molecule has 88 valence electrons. The Kier molecular flexibility index (Phi) is 3.83. The zero-order valence-electron chi connectivity index (χ0n) is 9.13. The number of hydrogen-bond donors (Lipinski definition) is 2. The van der Waals surface area contributed by atoms with Crippen molar-refractivity contribution in [2.75, 3.05) is 5.32 Å². The van der Waals surface area contributed by atoms with E-state index >= 15 is 0 Å². The highest BCUT2D eigenvalue weighted by Gasteiger charge is 2.14. The second kappa shape index (κ2) is 5.34. The molecule has 2 N–H and O–H groups in total. The molecule has 0 amide bonds. The normalized spacial score (nSPS) is 18.1. The highest BCUT2D eigenvalue weighted by atomic mass is 35.5. The van der Waals surface area contributed by atoms with Crippen LogP contribution in [0.1, 0.15) is 38.5 Å². The van der Waals surface area contributed by atoms with E-state index in [2.05, 4.69) is 15.3 Å². The number of anilines is 1. The molecule has 16 heavy (non-hydrogen) atoms. The van der Waals surface area contributed by atoms with Gasteiger partial charge in [-0.15, -0.1) is 0 Å². The number of halogens is 1. The molecule has 4 nitrogen and oxygen atoms in total. The Hall–Kier alpha value is -1.03. The molecule has 0 unspecified atom stereocenters. The largest absolute Gasteiger partial charge is 0.366 e. The van der Waals surface area contributed by atoms with E-state index in [0.29, 0.717) is 11.9 Å². The Labute approximate surface area is 99.4 Å². The number of nitrogens with one attached hydrogen (secondary N) is 2. The number of aromatic amines is 1. The van der Waals surface area contributed by atoms with Crippen LogP contribution in [-0.2, 0) is 0 Å². The lowest BCUT2D eigenvalue weighted by Crippen LogP contribution is -2.21. The first-order valence-electron chi connectivity index (χ1n) is 5.77. The van der Waals surface area contributed by atoms with Crippen molar-refractivity contribution < 1.29 is 0 Å². The van der Waals surface area contributed by atoms with Gasteiger partial charge in [-0.05, 0) is 12.8 Å². The van der Waals surface area contributed by atoms with Crippen molar-refractivity contribution in [3.8, 4) is 0 Å². The number of hydrogen-bond acceptors (Lipinski definition) is 3. The summed E-state index contributed by atoms with van der Waals surface area (Å²) in [6.07, 6.45) is 8.71. The van der Waals surface area contributed by atoms with Gasteiger partial charge in [-0.1, -0.05) is 37.3 Å². The highest BCUT2D eigenvalue weighted by Crippen LogP contribution is 2.22. The minimum Gasteiger partial charge on any atom is -0.366 e. The molecule has 5 heteroatoms. The van der Waals surface area contributed by atoms with Crippen LogP contribution in [0.4, 0.5) is 5.82 Å². The number of aromatic nitrogens is 2. The predicted molar refractivity (Wildman–Crippen MR) is 65.0 cm³/mol. The van der Waals surface area contributed by atoms with Gasteiger partial charge in [-0.2, -0.15) is 0 Å². The topological polar surface area (TPSA) is 57.8 Å². The third kappa shape index (κ3) is 2.76. The summed E-state index contributed by atoms with van der Waals surface area (Å²) in [6.45, 7) is 0. The summed E-state index contributed by atoms with van der Waals surface area (Å²) < 4.78 is 0. The third-order valence-electron chi connectivity index (χ3n) is 2.99. The molecule has 1 aromatic rings. The van der Waals surface area contributed by atoms with Gasteiger partial charge in [-0.3, -0.25) is 4.79 Å². The molecule has 1 heterocycles. The third-order valence-corrected chi connectivity index (χ3v) is 3.34. The molecule has 1 saturated carbocycles. The predicted octanol–water partition coefficient (Wildman–Crippen LogP) is 2.56. The zero-order valence-corrected chi connectivity index (χ0v) is 9.89. The summed E-state index contributed by atoms with van der Waals surface area (Å²) >= 11 is 5.88. The Morgan fingerprint density at radius 2 is 2.00 bits per heavy atom. The fraction of sp³-hybridized carbons (Fsp3) is 0.636. The van der Waals surface area contributed by atoms with Crippen molar-refractivity contribution in [3.63, 3.8) is 0 Å². The first-order chi connectivity index (χ1) is 7.77. The van der Waals surface area contributed by atoms with Gasteiger partial charge < -0.3 is 10.3 Å².